The standard InChI is InChI=1S/C17H17N9O2S/c1-25-13-10(14-16(25)23-12(29-14)4-8-2-3-21-24-8)6-22-26(17(13)28)7-11(19)9(5-18)15(20)27/h2-3,5-6,19H,4,7,18H2,1H3,(H2,20,27)(H,21,24)/b9-5+,19-11?. The molecule has 11 nitrogen and oxygen atoms in total. The van der Waals surface area contributed by atoms with E-state index in [1.54, 1.807) is 24.0 Å². The summed E-state index contributed by atoms with van der Waals surface area (Å²) in [5.74, 6) is -0.834. The molecule has 0 saturated carbocycles. The predicted molar refractivity (Wildman–Crippen MR) is 109 cm³/mol. The topological polar surface area (TPSA) is 174 Å². The van der Waals surface area contributed by atoms with E-state index in [0.717, 1.165) is 26.3 Å². The molecule has 4 heterocycles. The van der Waals surface area contributed by atoms with Gasteiger partial charge in [-0.1, -0.05) is 0 Å². The molecule has 0 radical (unpaired) electrons. The van der Waals surface area contributed by atoms with Crippen molar-refractivity contribution < 1.29 is 4.79 Å². The number of carbonyl (C=O) groups is 1. The second-order valence-corrected chi connectivity index (χ2v) is 7.44. The van der Waals surface area contributed by atoms with Gasteiger partial charge in [0.05, 0.1) is 34.4 Å². The van der Waals surface area contributed by atoms with Crippen molar-refractivity contribution in [3.8, 4) is 0 Å². The third kappa shape index (κ3) is 3.08. The van der Waals surface area contributed by atoms with Crippen LogP contribution in [0.4, 0.5) is 0 Å². The lowest BCUT2D eigenvalue weighted by Gasteiger charge is -2.07. The second kappa shape index (κ2) is 6.98. The van der Waals surface area contributed by atoms with Crippen molar-refractivity contribution in [3.63, 3.8) is 0 Å². The van der Waals surface area contributed by atoms with Gasteiger partial charge in [-0.15, -0.1) is 11.3 Å². The lowest BCUT2D eigenvalue weighted by atomic mass is 10.1. The first kappa shape index (κ1) is 18.6. The summed E-state index contributed by atoms with van der Waals surface area (Å²) in [5, 5.41) is 20.6. The molecule has 0 unspecified atom stereocenters. The summed E-state index contributed by atoms with van der Waals surface area (Å²) in [5.41, 5.74) is 11.8. The summed E-state index contributed by atoms with van der Waals surface area (Å²) >= 11 is 1.48. The fraction of sp³-hybridized carbons (Fsp3) is 0.176. The molecule has 0 aromatic carbocycles. The Labute approximate surface area is 167 Å². The number of aromatic nitrogens is 6. The first-order chi connectivity index (χ1) is 13.9. The van der Waals surface area contributed by atoms with Crippen molar-refractivity contribution in [3.05, 3.63) is 51.3 Å². The zero-order valence-corrected chi connectivity index (χ0v) is 16.2. The number of fused-ring (bicyclic) bond motifs is 3. The van der Waals surface area contributed by atoms with Crippen LogP contribution in [0, 0.1) is 5.41 Å². The van der Waals surface area contributed by atoms with Gasteiger partial charge in [-0.05, 0) is 6.07 Å². The first-order valence-electron chi connectivity index (χ1n) is 8.52. The van der Waals surface area contributed by atoms with Crippen molar-refractivity contribution >= 4 is 44.2 Å². The van der Waals surface area contributed by atoms with Gasteiger partial charge in [0.2, 0.25) is 0 Å². The van der Waals surface area contributed by atoms with Crippen molar-refractivity contribution in [1.82, 2.24) is 29.5 Å². The summed E-state index contributed by atoms with van der Waals surface area (Å²) in [4.78, 5) is 28.9. The molecular weight excluding hydrogens is 394 g/mol. The molecule has 0 aliphatic rings. The minimum Gasteiger partial charge on any atom is -0.404 e. The molecule has 0 saturated heterocycles. The van der Waals surface area contributed by atoms with Crippen molar-refractivity contribution in [1.29, 1.82) is 5.41 Å². The lowest BCUT2D eigenvalue weighted by molar-refractivity contribution is -0.114. The van der Waals surface area contributed by atoms with E-state index in [0.29, 0.717) is 23.0 Å². The molecule has 1 amide bonds. The quantitative estimate of drug-likeness (QED) is 0.257. The molecule has 0 bridgehead atoms. The molecule has 12 heteroatoms. The van der Waals surface area contributed by atoms with Gasteiger partial charge in [-0.2, -0.15) is 10.2 Å². The van der Waals surface area contributed by atoms with Gasteiger partial charge < -0.3 is 21.4 Å². The molecule has 0 fully saturated rings. The lowest BCUT2D eigenvalue weighted by Crippen LogP contribution is -2.31. The highest BCUT2D eigenvalue weighted by atomic mass is 32.1. The molecule has 0 atom stereocenters. The van der Waals surface area contributed by atoms with Gasteiger partial charge >= 0.3 is 0 Å². The molecule has 29 heavy (non-hydrogen) atoms. The Morgan fingerprint density at radius 3 is 2.90 bits per heavy atom. The van der Waals surface area contributed by atoms with Gasteiger partial charge in [0, 0.05) is 31.3 Å². The summed E-state index contributed by atoms with van der Waals surface area (Å²) in [6.07, 6.45) is 4.87. The molecule has 148 valence electrons. The van der Waals surface area contributed by atoms with Gasteiger partial charge in [0.1, 0.15) is 10.5 Å². The number of H-pyrrole nitrogens is 1. The Morgan fingerprint density at radius 2 is 2.24 bits per heavy atom. The SMILES string of the molecule is Cn1c2nc(Cc3cc[nH]n3)sc2c2cnn(CC(=N)/C(=C\N)C(N)=O)c(=O)c21. The van der Waals surface area contributed by atoms with Crippen LogP contribution in [-0.4, -0.2) is 41.1 Å². The molecule has 6 N–H and O–H groups in total. The van der Waals surface area contributed by atoms with Gasteiger partial charge in [0.25, 0.3) is 11.5 Å². The number of nitrogens with one attached hydrogen (secondary N) is 2. The van der Waals surface area contributed by atoms with Crippen LogP contribution in [0.25, 0.3) is 21.3 Å². The van der Waals surface area contributed by atoms with Crippen molar-refractivity contribution in [2.75, 3.05) is 0 Å². The number of nitrogens with two attached hydrogens (primary N) is 2. The first-order valence-corrected chi connectivity index (χ1v) is 9.34. The van der Waals surface area contributed by atoms with E-state index in [9.17, 15) is 9.59 Å². The number of rotatable bonds is 6. The van der Waals surface area contributed by atoms with Crippen molar-refractivity contribution in [2.45, 2.75) is 13.0 Å². The predicted octanol–water partition coefficient (Wildman–Crippen LogP) is 0.00627. The number of nitrogens with zero attached hydrogens (tertiary/aromatic N) is 5. The third-order valence-corrected chi connectivity index (χ3v) is 5.60. The number of hydrogen-bond acceptors (Lipinski definition) is 8. The second-order valence-electron chi connectivity index (χ2n) is 6.35. The van der Waals surface area contributed by atoms with Crippen LogP contribution in [0.1, 0.15) is 10.7 Å². The zero-order chi connectivity index (χ0) is 20.7. The third-order valence-electron chi connectivity index (χ3n) is 4.53. The molecule has 4 aromatic heterocycles. The van der Waals surface area contributed by atoms with E-state index in [-0.39, 0.29) is 17.8 Å². The smallest absolute Gasteiger partial charge is 0.291 e. The van der Waals surface area contributed by atoms with E-state index >= 15 is 0 Å². The van der Waals surface area contributed by atoms with Crippen LogP contribution < -0.4 is 17.0 Å². The van der Waals surface area contributed by atoms with Crippen LogP contribution in [0.15, 0.2) is 35.0 Å². The Kier molecular flexibility index (Phi) is 4.47. The number of aryl methyl sites for hydroxylation is 1. The normalized spacial score (nSPS) is 12.1. The van der Waals surface area contributed by atoms with Gasteiger partial charge in [0.15, 0.2) is 5.65 Å². The largest absolute Gasteiger partial charge is 0.404 e. The van der Waals surface area contributed by atoms with Crippen LogP contribution in [-0.2, 0) is 24.8 Å². The monoisotopic (exact) mass is 411 g/mol. The van der Waals surface area contributed by atoms with E-state index < -0.39 is 11.5 Å². The maximum absolute atomic E-state index is 13.0. The van der Waals surface area contributed by atoms with E-state index in [4.69, 9.17) is 16.9 Å². The molecule has 4 aromatic rings. The van der Waals surface area contributed by atoms with E-state index in [2.05, 4.69) is 20.3 Å². The summed E-state index contributed by atoms with van der Waals surface area (Å²) < 4.78 is 3.68. The Balaban J connectivity index is 1.75. The Bertz CT molecular complexity index is 1340. The molecule has 0 aliphatic heterocycles. The average Bonchev–Trinajstić information content (AvgIpc) is 3.37. The molecule has 0 spiro atoms. The summed E-state index contributed by atoms with van der Waals surface area (Å²) in [6, 6.07) is 1.88. The number of carbonyl (C=O) groups excluding carboxylic acids is 1. The van der Waals surface area contributed by atoms with E-state index in [1.807, 2.05) is 6.07 Å². The molecule has 0 aliphatic carbocycles. The minimum absolute atomic E-state index is 0.156. The van der Waals surface area contributed by atoms with Gasteiger partial charge in [-0.3, -0.25) is 14.7 Å². The highest BCUT2D eigenvalue weighted by Gasteiger charge is 2.20. The minimum atomic E-state index is -0.834. The Hall–Kier alpha value is -3.80. The number of primary amides is 1. The average molecular weight is 411 g/mol. The fourth-order valence-corrected chi connectivity index (χ4v) is 4.25. The van der Waals surface area contributed by atoms with Gasteiger partial charge in [-0.25, -0.2) is 9.67 Å². The molecular formula is C17H17N9O2S. The Morgan fingerprint density at radius 1 is 1.45 bits per heavy atom. The maximum atomic E-state index is 13.0. The molecule has 4 rings (SSSR count). The van der Waals surface area contributed by atoms with Crippen LogP contribution in [0.5, 0.6) is 0 Å². The number of thiazole rings is 1. The van der Waals surface area contributed by atoms with Crippen LogP contribution >= 0.6 is 11.3 Å². The van der Waals surface area contributed by atoms with Crippen LogP contribution in [0.2, 0.25) is 0 Å². The number of hydrogen-bond donors (Lipinski definition) is 4. The highest BCUT2D eigenvalue weighted by molar-refractivity contribution is 7.19. The summed E-state index contributed by atoms with van der Waals surface area (Å²) in [7, 11) is 1.76. The number of aromatic amines is 1. The maximum Gasteiger partial charge on any atom is 0.291 e. The fourth-order valence-electron chi connectivity index (χ4n) is 3.13. The number of amides is 1. The van der Waals surface area contributed by atoms with Crippen LogP contribution in [0.3, 0.4) is 0 Å². The summed E-state index contributed by atoms with van der Waals surface area (Å²) in [6.45, 7) is -0.225. The zero-order valence-electron chi connectivity index (χ0n) is 15.3. The van der Waals surface area contributed by atoms with Crippen molar-refractivity contribution in [2.24, 2.45) is 18.5 Å². The highest BCUT2D eigenvalue weighted by Crippen LogP contribution is 2.31. The van der Waals surface area contributed by atoms with E-state index in [1.165, 1.54) is 11.3 Å².